The van der Waals surface area contributed by atoms with E-state index in [2.05, 4.69) is 38.8 Å². The Kier molecular flexibility index (Phi) is 2.55. The lowest BCUT2D eigenvalue weighted by molar-refractivity contribution is 0.737. The fourth-order valence-electron chi connectivity index (χ4n) is 2.19. The van der Waals surface area contributed by atoms with Crippen molar-refractivity contribution in [3.63, 3.8) is 0 Å². The van der Waals surface area contributed by atoms with E-state index < -0.39 is 0 Å². The van der Waals surface area contributed by atoms with Crippen LogP contribution in [-0.2, 0) is 6.54 Å². The van der Waals surface area contributed by atoms with Gasteiger partial charge < -0.3 is 4.57 Å². The molecule has 0 atom stereocenters. The normalized spacial score (nSPS) is 11.0. The summed E-state index contributed by atoms with van der Waals surface area (Å²) in [7, 11) is 0. The van der Waals surface area contributed by atoms with E-state index in [9.17, 15) is 0 Å². The first-order chi connectivity index (χ1) is 8.79. The number of hydrogen-bond donors (Lipinski definition) is 0. The van der Waals surface area contributed by atoms with Gasteiger partial charge in [0.25, 0.3) is 0 Å². The molecule has 0 saturated carbocycles. The maximum absolute atomic E-state index is 4.32. The number of pyridine rings is 1. The summed E-state index contributed by atoms with van der Waals surface area (Å²) in [6, 6.07) is 10.2. The lowest BCUT2D eigenvalue weighted by Gasteiger charge is -2.06. The Hall–Kier alpha value is -2.23. The second-order valence-corrected chi connectivity index (χ2v) is 4.23. The van der Waals surface area contributed by atoms with E-state index in [-0.39, 0.29) is 0 Å². The number of hydrogen-bond acceptors (Lipinski definition) is 3. The third-order valence-electron chi connectivity index (χ3n) is 3.11. The smallest absolute Gasteiger partial charge is 0.163 e. The molecule has 0 amide bonds. The summed E-state index contributed by atoms with van der Waals surface area (Å²) in [5.41, 5.74) is 2.08. The van der Waals surface area contributed by atoms with Crippen LogP contribution >= 0.6 is 0 Å². The Balaban J connectivity index is 2.19. The molecule has 0 spiro atoms. The second kappa shape index (κ2) is 4.22. The first-order valence-corrected chi connectivity index (χ1v) is 6.04. The predicted octanol–water partition coefficient (Wildman–Crippen LogP) is 2.82. The Morgan fingerprint density at radius 3 is 2.89 bits per heavy atom. The molecule has 0 fully saturated rings. The highest BCUT2D eigenvalue weighted by Crippen LogP contribution is 2.22. The summed E-state index contributed by atoms with van der Waals surface area (Å²) < 4.78 is 2.11. The molecule has 0 bridgehead atoms. The molecule has 4 heteroatoms. The van der Waals surface area contributed by atoms with Crippen LogP contribution in [-0.4, -0.2) is 19.7 Å². The molecule has 0 aliphatic carbocycles. The molecule has 1 aromatic carbocycles. The Labute approximate surface area is 105 Å². The van der Waals surface area contributed by atoms with Crippen molar-refractivity contribution in [2.45, 2.75) is 20.4 Å². The van der Waals surface area contributed by atoms with Crippen molar-refractivity contribution in [1.29, 1.82) is 0 Å². The number of benzene rings is 1. The predicted molar refractivity (Wildman–Crippen MR) is 71.2 cm³/mol. The average Bonchev–Trinajstić information content (AvgIpc) is 2.79. The van der Waals surface area contributed by atoms with Gasteiger partial charge in [0.1, 0.15) is 5.82 Å². The highest BCUT2D eigenvalue weighted by molar-refractivity contribution is 5.83. The van der Waals surface area contributed by atoms with Crippen molar-refractivity contribution >= 4 is 10.9 Å². The number of rotatable bonds is 2. The maximum atomic E-state index is 4.32. The van der Waals surface area contributed by atoms with Gasteiger partial charge in [0.2, 0.25) is 0 Å². The summed E-state index contributed by atoms with van der Waals surface area (Å²) >= 11 is 0. The molecule has 3 aromatic rings. The van der Waals surface area contributed by atoms with Crippen LogP contribution in [0.4, 0.5) is 0 Å². The molecule has 0 N–H and O–H groups in total. The average molecular weight is 238 g/mol. The molecule has 3 rings (SSSR count). The Morgan fingerprint density at radius 1 is 1.17 bits per heavy atom. The van der Waals surface area contributed by atoms with Gasteiger partial charge in [-0.1, -0.05) is 6.07 Å². The van der Waals surface area contributed by atoms with Crippen molar-refractivity contribution < 1.29 is 0 Å². The maximum Gasteiger partial charge on any atom is 0.163 e. The molecule has 0 saturated heterocycles. The minimum Gasteiger partial charge on any atom is -0.312 e. The lowest BCUT2D eigenvalue weighted by atomic mass is 10.1. The summed E-state index contributed by atoms with van der Waals surface area (Å²) in [4.78, 5) is 4.32. The summed E-state index contributed by atoms with van der Waals surface area (Å²) in [5.74, 6) is 1.86. The number of aromatic nitrogens is 4. The molecule has 18 heavy (non-hydrogen) atoms. The fraction of sp³-hybridized carbons (Fsp3) is 0.214. The van der Waals surface area contributed by atoms with Gasteiger partial charge in [-0.15, -0.1) is 10.2 Å². The molecule has 0 unspecified atom stereocenters. The molecule has 0 aliphatic rings. The zero-order valence-electron chi connectivity index (χ0n) is 10.5. The van der Waals surface area contributed by atoms with Crippen molar-refractivity contribution in [3.8, 4) is 11.4 Å². The molecular weight excluding hydrogens is 224 g/mol. The molecule has 90 valence electrons. The van der Waals surface area contributed by atoms with E-state index in [4.69, 9.17) is 0 Å². The van der Waals surface area contributed by atoms with E-state index in [1.165, 1.54) is 0 Å². The molecule has 0 radical (unpaired) electrons. The van der Waals surface area contributed by atoms with Gasteiger partial charge in [-0.05, 0) is 38.1 Å². The number of aryl methyl sites for hydroxylation is 1. The quantitative estimate of drug-likeness (QED) is 0.689. The Morgan fingerprint density at radius 2 is 2.06 bits per heavy atom. The monoisotopic (exact) mass is 238 g/mol. The van der Waals surface area contributed by atoms with E-state index in [0.717, 1.165) is 34.7 Å². The highest BCUT2D eigenvalue weighted by atomic mass is 15.3. The van der Waals surface area contributed by atoms with Gasteiger partial charge in [0.05, 0.1) is 5.52 Å². The third-order valence-corrected chi connectivity index (χ3v) is 3.11. The van der Waals surface area contributed by atoms with Crippen LogP contribution in [0.15, 0.2) is 36.5 Å². The first-order valence-electron chi connectivity index (χ1n) is 6.04. The SMILES string of the molecule is CCn1c(C)nnc1-c1ccc2ncccc2c1. The van der Waals surface area contributed by atoms with Crippen LogP contribution in [0.1, 0.15) is 12.7 Å². The second-order valence-electron chi connectivity index (χ2n) is 4.23. The van der Waals surface area contributed by atoms with Gasteiger partial charge in [0, 0.05) is 23.7 Å². The molecule has 2 aromatic heterocycles. The lowest BCUT2D eigenvalue weighted by Crippen LogP contribution is -1.99. The molecule has 4 nitrogen and oxygen atoms in total. The van der Waals surface area contributed by atoms with Gasteiger partial charge in [-0.25, -0.2) is 0 Å². The minimum atomic E-state index is 0.874. The number of nitrogens with zero attached hydrogens (tertiary/aromatic N) is 4. The Bertz CT molecular complexity index is 700. The van der Waals surface area contributed by atoms with Gasteiger partial charge >= 0.3 is 0 Å². The zero-order valence-corrected chi connectivity index (χ0v) is 10.5. The standard InChI is InChI=1S/C14H14N4/c1-3-18-10(2)16-17-14(18)12-6-7-13-11(9-12)5-4-8-15-13/h4-9H,3H2,1-2H3. The molecular formula is C14H14N4. The van der Waals surface area contributed by atoms with E-state index in [1.807, 2.05) is 25.1 Å². The van der Waals surface area contributed by atoms with Gasteiger partial charge in [0.15, 0.2) is 5.82 Å². The fourth-order valence-corrected chi connectivity index (χ4v) is 2.19. The van der Waals surface area contributed by atoms with Crippen molar-refractivity contribution in [2.75, 3.05) is 0 Å². The van der Waals surface area contributed by atoms with Gasteiger partial charge in [-0.2, -0.15) is 0 Å². The van der Waals surface area contributed by atoms with E-state index in [0.29, 0.717) is 0 Å². The first kappa shape index (κ1) is 10.9. The van der Waals surface area contributed by atoms with Gasteiger partial charge in [-0.3, -0.25) is 4.98 Å². The minimum absolute atomic E-state index is 0.874. The van der Waals surface area contributed by atoms with Crippen LogP contribution in [0, 0.1) is 6.92 Å². The van der Waals surface area contributed by atoms with Crippen LogP contribution in [0.25, 0.3) is 22.3 Å². The van der Waals surface area contributed by atoms with Crippen molar-refractivity contribution in [3.05, 3.63) is 42.4 Å². The van der Waals surface area contributed by atoms with E-state index in [1.54, 1.807) is 6.20 Å². The number of fused-ring (bicyclic) bond motifs is 1. The zero-order chi connectivity index (χ0) is 12.5. The van der Waals surface area contributed by atoms with E-state index >= 15 is 0 Å². The van der Waals surface area contributed by atoms with Crippen LogP contribution in [0.5, 0.6) is 0 Å². The van der Waals surface area contributed by atoms with Crippen molar-refractivity contribution in [1.82, 2.24) is 19.7 Å². The topological polar surface area (TPSA) is 43.6 Å². The summed E-state index contributed by atoms with van der Waals surface area (Å²) in [5, 5.41) is 9.52. The molecule has 2 heterocycles. The van der Waals surface area contributed by atoms with Crippen LogP contribution in [0.3, 0.4) is 0 Å². The molecule has 0 aliphatic heterocycles. The highest BCUT2D eigenvalue weighted by Gasteiger charge is 2.09. The van der Waals surface area contributed by atoms with Crippen LogP contribution < -0.4 is 0 Å². The van der Waals surface area contributed by atoms with Crippen LogP contribution in [0.2, 0.25) is 0 Å². The third kappa shape index (κ3) is 1.66. The summed E-state index contributed by atoms with van der Waals surface area (Å²) in [6.07, 6.45) is 1.81. The summed E-state index contributed by atoms with van der Waals surface area (Å²) in [6.45, 7) is 4.95. The van der Waals surface area contributed by atoms with Crippen molar-refractivity contribution in [2.24, 2.45) is 0 Å². The largest absolute Gasteiger partial charge is 0.312 e.